The van der Waals surface area contributed by atoms with Gasteiger partial charge < -0.3 is 15.7 Å². The minimum Gasteiger partial charge on any atom is -0.387 e. The van der Waals surface area contributed by atoms with Gasteiger partial charge in [0.25, 0.3) is 0 Å². The van der Waals surface area contributed by atoms with E-state index in [9.17, 15) is 5.11 Å². The van der Waals surface area contributed by atoms with Gasteiger partial charge in [-0.25, -0.2) is 9.50 Å². The Morgan fingerprint density at radius 1 is 1.45 bits per heavy atom. The summed E-state index contributed by atoms with van der Waals surface area (Å²) in [5.74, 6) is 0. The molecule has 8 heteroatoms. The molecule has 20 heavy (non-hydrogen) atoms. The Morgan fingerprint density at radius 2 is 2.30 bits per heavy atom. The van der Waals surface area contributed by atoms with Crippen LogP contribution in [0.4, 0.5) is 0 Å². The van der Waals surface area contributed by atoms with E-state index in [4.69, 9.17) is 0 Å². The molecule has 2 aromatic heterocycles. The van der Waals surface area contributed by atoms with E-state index in [1.54, 1.807) is 10.7 Å². The van der Waals surface area contributed by atoms with E-state index < -0.39 is 5.60 Å². The maximum Gasteiger partial charge on any atom is 0.159 e. The molecule has 1 aliphatic rings. The lowest BCUT2D eigenvalue weighted by Gasteiger charge is -2.21. The summed E-state index contributed by atoms with van der Waals surface area (Å²) >= 11 is 0. The number of aliphatic hydroxyl groups is 1. The third-order valence-corrected chi connectivity index (χ3v) is 3.34. The number of nitrogens with one attached hydrogen (secondary N) is 2. The summed E-state index contributed by atoms with van der Waals surface area (Å²) < 4.78 is 1.75. The van der Waals surface area contributed by atoms with E-state index in [-0.39, 0.29) is 24.8 Å². The van der Waals surface area contributed by atoms with Crippen molar-refractivity contribution in [1.82, 2.24) is 25.2 Å². The normalized spacial score (nSPS) is 21.4. The van der Waals surface area contributed by atoms with Crippen molar-refractivity contribution >= 4 is 30.5 Å². The molecular weight excluding hydrogens is 301 g/mol. The third-order valence-electron chi connectivity index (χ3n) is 3.34. The molecule has 0 aromatic carbocycles. The summed E-state index contributed by atoms with van der Waals surface area (Å²) in [6, 6.07) is 1.85. The molecule has 1 atom stereocenters. The average molecular weight is 320 g/mol. The lowest BCUT2D eigenvalue weighted by atomic mass is 10.0. The van der Waals surface area contributed by atoms with Crippen molar-refractivity contribution in [2.24, 2.45) is 0 Å². The van der Waals surface area contributed by atoms with E-state index in [1.807, 2.05) is 18.5 Å². The van der Waals surface area contributed by atoms with E-state index in [1.165, 1.54) is 0 Å². The van der Waals surface area contributed by atoms with E-state index in [0.717, 1.165) is 24.2 Å². The molecule has 0 radical (unpaired) electrons. The second kappa shape index (κ2) is 7.19. The third kappa shape index (κ3) is 3.59. The summed E-state index contributed by atoms with van der Waals surface area (Å²) in [6.45, 7) is 2.80. The Balaban J connectivity index is 0.000001000. The molecule has 3 N–H and O–H groups in total. The molecule has 3 rings (SSSR count). The SMILES string of the molecule is Cl.Cl.OC1(CNCc2cnn3cccnc23)CCNC1. The zero-order chi connectivity index (χ0) is 12.4. The largest absolute Gasteiger partial charge is 0.387 e. The van der Waals surface area contributed by atoms with Gasteiger partial charge in [-0.3, -0.25) is 0 Å². The molecule has 0 bridgehead atoms. The van der Waals surface area contributed by atoms with Crippen molar-refractivity contribution in [2.45, 2.75) is 18.6 Å². The number of hydrogen-bond donors (Lipinski definition) is 3. The summed E-state index contributed by atoms with van der Waals surface area (Å²) in [7, 11) is 0. The van der Waals surface area contributed by atoms with Gasteiger partial charge in [-0.2, -0.15) is 5.10 Å². The number of aromatic nitrogens is 3. The molecule has 3 heterocycles. The Hall–Kier alpha value is -0.920. The van der Waals surface area contributed by atoms with Crippen LogP contribution in [0.1, 0.15) is 12.0 Å². The van der Waals surface area contributed by atoms with Crippen LogP contribution in [0.3, 0.4) is 0 Å². The highest BCUT2D eigenvalue weighted by Gasteiger charge is 2.30. The van der Waals surface area contributed by atoms with Crippen molar-refractivity contribution in [1.29, 1.82) is 0 Å². The molecule has 0 saturated carbocycles. The molecular formula is C12H19Cl2N5O. The Morgan fingerprint density at radius 3 is 3.05 bits per heavy atom. The summed E-state index contributed by atoms with van der Waals surface area (Å²) in [4.78, 5) is 4.29. The molecule has 2 aromatic rings. The monoisotopic (exact) mass is 319 g/mol. The quantitative estimate of drug-likeness (QED) is 0.760. The van der Waals surface area contributed by atoms with Crippen molar-refractivity contribution in [3.63, 3.8) is 0 Å². The standard InChI is InChI=1S/C12H17N5O.2ClH/c18-12(2-4-13-8-12)9-14-6-10-7-16-17-5-1-3-15-11(10)17;;/h1,3,5,7,13-14,18H,2,4,6,8-9H2;2*1H. The molecule has 0 spiro atoms. The van der Waals surface area contributed by atoms with Crippen LogP contribution in [0.5, 0.6) is 0 Å². The van der Waals surface area contributed by atoms with Crippen LogP contribution in [0.15, 0.2) is 24.7 Å². The van der Waals surface area contributed by atoms with Gasteiger partial charge in [-0.05, 0) is 19.0 Å². The van der Waals surface area contributed by atoms with Crippen LogP contribution in [0, 0.1) is 0 Å². The van der Waals surface area contributed by atoms with Crippen molar-refractivity contribution in [3.05, 3.63) is 30.2 Å². The lowest BCUT2D eigenvalue weighted by Crippen LogP contribution is -2.42. The first-order valence-electron chi connectivity index (χ1n) is 6.18. The molecule has 1 unspecified atom stereocenters. The summed E-state index contributed by atoms with van der Waals surface area (Å²) in [5.41, 5.74) is 1.29. The topological polar surface area (TPSA) is 74.5 Å². The number of halogens is 2. The number of fused-ring (bicyclic) bond motifs is 1. The Kier molecular flexibility index (Phi) is 6.16. The Labute approximate surface area is 129 Å². The van der Waals surface area contributed by atoms with Gasteiger partial charge in [-0.1, -0.05) is 0 Å². The summed E-state index contributed by atoms with van der Waals surface area (Å²) in [5, 5.41) is 20.8. The summed E-state index contributed by atoms with van der Waals surface area (Å²) in [6.07, 6.45) is 6.24. The predicted molar refractivity (Wildman–Crippen MR) is 81.6 cm³/mol. The first kappa shape index (κ1) is 17.1. The van der Waals surface area contributed by atoms with E-state index in [0.29, 0.717) is 19.6 Å². The highest BCUT2D eigenvalue weighted by Crippen LogP contribution is 2.13. The smallest absolute Gasteiger partial charge is 0.159 e. The van der Waals surface area contributed by atoms with Crippen molar-refractivity contribution < 1.29 is 5.11 Å². The maximum absolute atomic E-state index is 10.2. The fourth-order valence-electron chi connectivity index (χ4n) is 2.31. The maximum atomic E-state index is 10.2. The van der Waals surface area contributed by atoms with Crippen LogP contribution in [0.25, 0.3) is 5.65 Å². The highest BCUT2D eigenvalue weighted by atomic mass is 35.5. The minimum absolute atomic E-state index is 0. The first-order chi connectivity index (χ1) is 8.77. The zero-order valence-corrected chi connectivity index (χ0v) is 12.6. The van der Waals surface area contributed by atoms with Gasteiger partial charge in [0.1, 0.15) is 0 Å². The number of rotatable bonds is 4. The molecule has 1 saturated heterocycles. The van der Waals surface area contributed by atoms with Gasteiger partial charge in [0.2, 0.25) is 0 Å². The van der Waals surface area contributed by atoms with Crippen molar-refractivity contribution in [3.8, 4) is 0 Å². The second-order valence-electron chi connectivity index (χ2n) is 4.81. The molecule has 0 aliphatic carbocycles. The van der Waals surface area contributed by atoms with Gasteiger partial charge in [0.05, 0.1) is 11.8 Å². The van der Waals surface area contributed by atoms with Crippen LogP contribution in [-0.4, -0.2) is 44.9 Å². The Bertz CT molecular complexity index is 541. The van der Waals surface area contributed by atoms with Gasteiger partial charge >= 0.3 is 0 Å². The van der Waals surface area contributed by atoms with Crippen LogP contribution in [-0.2, 0) is 6.54 Å². The second-order valence-corrected chi connectivity index (χ2v) is 4.81. The highest BCUT2D eigenvalue weighted by molar-refractivity contribution is 5.85. The van der Waals surface area contributed by atoms with Crippen LogP contribution < -0.4 is 10.6 Å². The van der Waals surface area contributed by atoms with E-state index in [2.05, 4.69) is 20.7 Å². The molecule has 0 amide bonds. The van der Waals surface area contributed by atoms with Crippen LogP contribution in [0.2, 0.25) is 0 Å². The van der Waals surface area contributed by atoms with Gasteiger partial charge in [-0.15, -0.1) is 24.8 Å². The predicted octanol–water partition coefficient (Wildman–Crippen LogP) is 0.387. The van der Waals surface area contributed by atoms with E-state index >= 15 is 0 Å². The number of β-amino-alcohol motifs (C(OH)–C–C–N with tert-alkyl or cyclic N) is 1. The van der Waals surface area contributed by atoms with Gasteiger partial charge in [0.15, 0.2) is 5.65 Å². The lowest BCUT2D eigenvalue weighted by molar-refractivity contribution is 0.0609. The van der Waals surface area contributed by atoms with Crippen LogP contribution >= 0.6 is 24.8 Å². The zero-order valence-electron chi connectivity index (χ0n) is 11.0. The molecule has 1 fully saturated rings. The first-order valence-corrected chi connectivity index (χ1v) is 6.18. The fraction of sp³-hybridized carbons (Fsp3) is 0.500. The average Bonchev–Trinajstić information content (AvgIpc) is 2.97. The number of hydrogen-bond acceptors (Lipinski definition) is 5. The van der Waals surface area contributed by atoms with Gasteiger partial charge in [0, 0.05) is 37.6 Å². The van der Waals surface area contributed by atoms with Crippen molar-refractivity contribution in [2.75, 3.05) is 19.6 Å². The number of nitrogens with zero attached hydrogens (tertiary/aromatic N) is 3. The minimum atomic E-state index is -0.615. The molecule has 6 nitrogen and oxygen atoms in total. The molecule has 1 aliphatic heterocycles. The molecule has 112 valence electrons. The fourth-order valence-corrected chi connectivity index (χ4v) is 2.31.